The van der Waals surface area contributed by atoms with Gasteiger partial charge in [0.25, 0.3) is 0 Å². The Morgan fingerprint density at radius 1 is 1.17 bits per heavy atom. The van der Waals surface area contributed by atoms with E-state index in [4.69, 9.17) is 0 Å². The number of carbonyl (C=O) groups excluding carboxylic acids is 1. The van der Waals surface area contributed by atoms with E-state index < -0.39 is 5.60 Å². The maximum Gasteiger partial charge on any atom is 0.225 e. The van der Waals surface area contributed by atoms with E-state index >= 15 is 0 Å². The van der Waals surface area contributed by atoms with Crippen LogP contribution in [0.4, 0.5) is 0 Å². The third kappa shape index (κ3) is 2.59. The van der Waals surface area contributed by atoms with Crippen LogP contribution in [0, 0.1) is 17.3 Å². The highest BCUT2D eigenvalue weighted by molar-refractivity contribution is 5.81. The molecule has 2 aliphatic carbocycles. The van der Waals surface area contributed by atoms with Gasteiger partial charge in [-0.05, 0) is 50.0 Å². The third-order valence-electron chi connectivity index (χ3n) is 6.51. The molecule has 1 aliphatic heterocycles. The van der Waals surface area contributed by atoms with Crippen LogP contribution >= 0.6 is 0 Å². The minimum atomic E-state index is -0.602. The van der Waals surface area contributed by atoms with Gasteiger partial charge < -0.3 is 10.0 Å². The fourth-order valence-corrected chi connectivity index (χ4v) is 5.05. The zero-order valence-corrected chi connectivity index (χ0v) is 14.2. The average Bonchev–Trinajstić information content (AvgIpc) is 2.42. The number of hydrogen-bond donors (Lipinski definition) is 1. The monoisotopic (exact) mass is 313 g/mol. The van der Waals surface area contributed by atoms with E-state index in [1.807, 2.05) is 11.8 Å². The topological polar surface area (TPSA) is 40.5 Å². The Labute approximate surface area is 138 Å². The van der Waals surface area contributed by atoms with Crippen molar-refractivity contribution < 1.29 is 9.90 Å². The van der Waals surface area contributed by atoms with Gasteiger partial charge in [0.2, 0.25) is 5.91 Å². The second kappa shape index (κ2) is 5.07. The van der Waals surface area contributed by atoms with Gasteiger partial charge in [-0.3, -0.25) is 4.79 Å². The largest absolute Gasteiger partial charge is 0.390 e. The van der Waals surface area contributed by atoms with Crippen molar-refractivity contribution in [2.75, 3.05) is 13.1 Å². The van der Waals surface area contributed by atoms with Gasteiger partial charge in [0.15, 0.2) is 0 Å². The standard InChI is InChI=1S/C20H27NO2/c1-14(15-6-4-3-5-7-15)16-10-20(11-16)12-21(13-20)18(22)17-8-19(2,23)9-17/h3-7,14,16-17,23H,8-13H2,1-2H3/t14-,17-,19+/m0/s1. The molecule has 1 amide bonds. The SMILES string of the molecule is C[C@@H](c1ccccc1)C1CC2(C1)CN(C(=O)[C@H]1C[C@@](C)(O)C1)C2. The van der Waals surface area contributed by atoms with Crippen molar-refractivity contribution in [1.82, 2.24) is 4.90 Å². The molecule has 1 N–H and O–H groups in total. The Balaban J connectivity index is 1.26. The number of hydrogen-bond acceptors (Lipinski definition) is 2. The van der Waals surface area contributed by atoms with Gasteiger partial charge in [-0.25, -0.2) is 0 Å². The summed E-state index contributed by atoms with van der Waals surface area (Å²) in [5.74, 6) is 1.73. The van der Waals surface area contributed by atoms with E-state index in [1.54, 1.807) is 0 Å². The summed E-state index contributed by atoms with van der Waals surface area (Å²) in [6.07, 6.45) is 3.80. The first kappa shape index (κ1) is 15.2. The molecule has 2 saturated carbocycles. The van der Waals surface area contributed by atoms with E-state index in [-0.39, 0.29) is 11.8 Å². The zero-order valence-electron chi connectivity index (χ0n) is 14.2. The van der Waals surface area contributed by atoms with Crippen molar-refractivity contribution in [3.63, 3.8) is 0 Å². The summed E-state index contributed by atoms with van der Waals surface area (Å²) in [6.45, 7) is 6.06. The molecule has 3 nitrogen and oxygen atoms in total. The number of carbonyl (C=O) groups is 1. The Kier molecular flexibility index (Phi) is 3.35. The summed E-state index contributed by atoms with van der Waals surface area (Å²) in [4.78, 5) is 14.4. The molecule has 0 aromatic heterocycles. The molecule has 23 heavy (non-hydrogen) atoms. The molecule has 1 saturated heterocycles. The van der Waals surface area contributed by atoms with Gasteiger partial charge in [0.05, 0.1) is 5.60 Å². The van der Waals surface area contributed by atoms with Crippen LogP contribution in [0.3, 0.4) is 0 Å². The molecule has 1 aromatic carbocycles. The lowest BCUT2D eigenvalue weighted by atomic mass is 9.54. The molecular weight excluding hydrogens is 286 g/mol. The Morgan fingerprint density at radius 2 is 1.78 bits per heavy atom. The summed E-state index contributed by atoms with van der Waals surface area (Å²) in [5, 5.41) is 9.80. The maximum absolute atomic E-state index is 12.4. The van der Waals surface area contributed by atoms with Crippen LogP contribution < -0.4 is 0 Å². The number of aliphatic hydroxyl groups is 1. The van der Waals surface area contributed by atoms with Gasteiger partial charge in [-0.2, -0.15) is 0 Å². The maximum atomic E-state index is 12.4. The number of rotatable bonds is 3. The fourth-order valence-electron chi connectivity index (χ4n) is 5.05. The lowest BCUT2D eigenvalue weighted by Crippen LogP contribution is -2.66. The summed E-state index contributed by atoms with van der Waals surface area (Å²) < 4.78 is 0. The Bertz CT molecular complexity index is 587. The van der Waals surface area contributed by atoms with Crippen LogP contribution in [0.25, 0.3) is 0 Å². The predicted octanol–water partition coefficient (Wildman–Crippen LogP) is 3.19. The third-order valence-corrected chi connectivity index (χ3v) is 6.51. The smallest absolute Gasteiger partial charge is 0.225 e. The van der Waals surface area contributed by atoms with Crippen LogP contribution in [0.1, 0.15) is 51.0 Å². The van der Waals surface area contributed by atoms with Gasteiger partial charge in [-0.1, -0.05) is 37.3 Å². The van der Waals surface area contributed by atoms with E-state index in [0.29, 0.717) is 24.2 Å². The first-order valence-corrected chi connectivity index (χ1v) is 8.94. The van der Waals surface area contributed by atoms with Crippen molar-refractivity contribution in [3.05, 3.63) is 35.9 Å². The molecule has 1 spiro atoms. The molecule has 0 unspecified atom stereocenters. The minimum absolute atomic E-state index is 0.0708. The zero-order chi connectivity index (χ0) is 16.2. The highest BCUT2D eigenvalue weighted by atomic mass is 16.3. The summed E-state index contributed by atoms with van der Waals surface area (Å²) in [7, 11) is 0. The highest BCUT2D eigenvalue weighted by Crippen LogP contribution is 2.56. The molecule has 4 rings (SSSR count). The Morgan fingerprint density at radius 3 is 2.35 bits per heavy atom. The highest BCUT2D eigenvalue weighted by Gasteiger charge is 2.56. The number of amides is 1. The molecule has 1 heterocycles. The van der Waals surface area contributed by atoms with Crippen LogP contribution in [0.2, 0.25) is 0 Å². The second-order valence-electron chi connectivity index (χ2n) is 8.66. The summed E-state index contributed by atoms with van der Waals surface area (Å²) >= 11 is 0. The van der Waals surface area contributed by atoms with E-state index in [1.165, 1.54) is 18.4 Å². The van der Waals surface area contributed by atoms with Crippen LogP contribution in [0.5, 0.6) is 0 Å². The molecule has 0 bridgehead atoms. The molecular formula is C20H27NO2. The van der Waals surface area contributed by atoms with Crippen molar-refractivity contribution >= 4 is 5.91 Å². The summed E-state index contributed by atoms with van der Waals surface area (Å²) in [5.41, 5.74) is 1.25. The molecule has 124 valence electrons. The first-order chi connectivity index (χ1) is 10.9. The van der Waals surface area contributed by atoms with Crippen LogP contribution in [0.15, 0.2) is 30.3 Å². The molecule has 0 radical (unpaired) electrons. The van der Waals surface area contributed by atoms with Gasteiger partial charge in [-0.15, -0.1) is 0 Å². The normalized spacial score (nSPS) is 33.5. The van der Waals surface area contributed by atoms with Crippen molar-refractivity contribution in [2.24, 2.45) is 17.3 Å². The van der Waals surface area contributed by atoms with E-state index in [2.05, 4.69) is 37.3 Å². The second-order valence-corrected chi connectivity index (χ2v) is 8.66. The van der Waals surface area contributed by atoms with Gasteiger partial charge >= 0.3 is 0 Å². The van der Waals surface area contributed by atoms with Crippen molar-refractivity contribution in [1.29, 1.82) is 0 Å². The van der Waals surface area contributed by atoms with Crippen molar-refractivity contribution in [3.8, 4) is 0 Å². The molecule has 1 aromatic rings. The van der Waals surface area contributed by atoms with Crippen LogP contribution in [-0.4, -0.2) is 34.6 Å². The molecule has 3 aliphatic rings. The fraction of sp³-hybridized carbons (Fsp3) is 0.650. The Hall–Kier alpha value is -1.35. The number of nitrogens with zero attached hydrogens (tertiary/aromatic N) is 1. The predicted molar refractivity (Wildman–Crippen MR) is 89.9 cm³/mol. The average molecular weight is 313 g/mol. The lowest BCUT2D eigenvalue weighted by molar-refractivity contribution is -0.172. The number of benzene rings is 1. The quantitative estimate of drug-likeness (QED) is 0.931. The van der Waals surface area contributed by atoms with E-state index in [0.717, 1.165) is 19.0 Å². The number of likely N-dealkylation sites (tertiary alicyclic amines) is 1. The molecule has 3 fully saturated rings. The van der Waals surface area contributed by atoms with Gasteiger partial charge in [0.1, 0.15) is 0 Å². The van der Waals surface area contributed by atoms with Crippen molar-refractivity contribution in [2.45, 2.75) is 51.0 Å². The summed E-state index contributed by atoms with van der Waals surface area (Å²) in [6, 6.07) is 10.8. The van der Waals surface area contributed by atoms with Gasteiger partial charge in [0, 0.05) is 24.4 Å². The first-order valence-electron chi connectivity index (χ1n) is 8.94. The molecule has 3 heteroatoms. The minimum Gasteiger partial charge on any atom is -0.390 e. The lowest BCUT2D eigenvalue weighted by Gasteiger charge is -2.61. The van der Waals surface area contributed by atoms with E-state index in [9.17, 15) is 9.90 Å². The molecule has 1 atom stereocenters. The van der Waals surface area contributed by atoms with Crippen LogP contribution in [-0.2, 0) is 4.79 Å².